The van der Waals surface area contributed by atoms with Crippen molar-refractivity contribution in [1.29, 1.82) is 0 Å². The van der Waals surface area contributed by atoms with Gasteiger partial charge in [-0.05, 0) is 6.92 Å². The van der Waals surface area contributed by atoms with Crippen LogP contribution in [0.4, 0.5) is 4.39 Å². The predicted octanol–water partition coefficient (Wildman–Crippen LogP) is 2.21. The van der Waals surface area contributed by atoms with Gasteiger partial charge in [0.25, 0.3) is 0 Å². The van der Waals surface area contributed by atoms with Gasteiger partial charge in [-0.2, -0.15) is 0 Å². The molecule has 1 aromatic rings. The normalized spacial score (nSPS) is 10.3. The summed E-state index contributed by atoms with van der Waals surface area (Å²) >= 11 is 2.34. The summed E-state index contributed by atoms with van der Waals surface area (Å²) in [6.45, 7) is 1.21. The van der Waals surface area contributed by atoms with Gasteiger partial charge in [0.1, 0.15) is 4.88 Å². The van der Waals surface area contributed by atoms with Crippen LogP contribution >= 0.6 is 23.1 Å². The summed E-state index contributed by atoms with van der Waals surface area (Å²) in [7, 11) is 0. The molecule has 0 unspecified atom stereocenters. The lowest BCUT2D eigenvalue weighted by Crippen LogP contribution is -1.94. The molecule has 1 heterocycles. The Kier molecular flexibility index (Phi) is 3.68. The van der Waals surface area contributed by atoms with Gasteiger partial charge in [0.05, 0.1) is 12.4 Å². The Morgan fingerprint density at radius 2 is 2.46 bits per heavy atom. The number of rotatable bonds is 4. The molecule has 0 fully saturated rings. The zero-order valence-electron chi connectivity index (χ0n) is 6.91. The lowest BCUT2D eigenvalue weighted by molar-refractivity contribution is 0.0701. The highest BCUT2D eigenvalue weighted by molar-refractivity contribution is 8.01. The van der Waals surface area contributed by atoms with Crippen LogP contribution in [0.5, 0.6) is 0 Å². The predicted molar refractivity (Wildman–Crippen MR) is 50.5 cm³/mol. The maximum atomic E-state index is 11.8. The van der Waals surface area contributed by atoms with Gasteiger partial charge >= 0.3 is 5.97 Å². The summed E-state index contributed by atoms with van der Waals surface area (Å²) in [6.07, 6.45) is 0. The smallest absolute Gasteiger partial charge is 0.347 e. The number of aromatic carboxylic acids is 1. The molecular weight excluding hydrogens is 213 g/mol. The molecular formula is C7H8FNO2S2. The molecule has 72 valence electrons. The third-order valence-corrected chi connectivity index (χ3v) is 3.51. The number of aromatic nitrogens is 1. The first kappa shape index (κ1) is 10.5. The summed E-state index contributed by atoms with van der Waals surface area (Å²) in [5.41, 5.74) is 0.499. The number of thiazole rings is 1. The van der Waals surface area contributed by atoms with Gasteiger partial charge in [0, 0.05) is 5.75 Å². The molecule has 0 atom stereocenters. The Bertz CT molecular complexity index is 313. The van der Waals surface area contributed by atoms with Gasteiger partial charge in [-0.25, -0.2) is 9.78 Å². The van der Waals surface area contributed by atoms with Crippen LogP contribution in [0.3, 0.4) is 0 Å². The van der Waals surface area contributed by atoms with Crippen molar-refractivity contribution in [2.45, 2.75) is 11.3 Å². The molecule has 0 aromatic carbocycles. The topological polar surface area (TPSA) is 50.2 Å². The van der Waals surface area contributed by atoms with Crippen LogP contribution < -0.4 is 0 Å². The number of alkyl halides is 1. The summed E-state index contributed by atoms with van der Waals surface area (Å²) < 4.78 is 12.4. The number of carbonyl (C=O) groups is 1. The van der Waals surface area contributed by atoms with Crippen LogP contribution in [0, 0.1) is 6.92 Å². The van der Waals surface area contributed by atoms with Crippen molar-refractivity contribution in [2.24, 2.45) is 0 Å². The van der Waals surface area contributed by atoms with Crippen LogP contribution in [0.1, 0.15) is 15.4 Å². The average molecular weight is 221 g/mol. The number of aryl methyl sites for hydroxylation is 1. The van der Waals surface area contributed by atoms with Gasteiger partial charge in [0.2, 0.25) is 0 Å². The lowest BCUT2D eigenvalue weighted by atomic mass is 10.4. The molecule has 0 spiro atoms. The highest BCUT2D eigenvalue weighted by atomic mass is 32.2. The first-order valence-electron chi connectivity index (χ1n) is 3.54. The maximum absolute atomic E-state index is 11.8. The second kappa shape index (κ2) is 4.57. The Morgan fingerprint density at radius 1 is 1.77 bits per heavy atom. The van der Waals surface area contributed by atoms with Crippen LogP contribution in [-0.2, 0) is 0 Å². The quantitative estimate of drug-likeness (QED) is 0.792. The Morgan fingerprint density at radius 3 is 2.92 bits per heavy atom. The number of hydrogen-bond donors (Lipinski definition) is 1. The molecule has 1 N–H and O–H groups in total. The molecule has 13 heavy (non-hydrogen) atoms. The fourth-order valence-corrected chi connectivity index (χ4v) is 2.58. The van der Waals surface area contributed by atoms with E-state index in [4.69, 9.17) is 5.11 Å². The molecule has 0 bridgehead atoms. The van der Waals surface area contributed by atoms with Crippen molar-refractivity contribution in [3.05, 3.63) is 10.6 Å². The molecule has 1 aromatic heterocycles. The van der Waals surface area contributed by atoms with Crippen molar-refractivity contribution in [3.8, 4) is 0 Å². The van der Waals surface area contributed by atoms with Crippen molar-refractivity contribution in [2.75, 3.05) is 12.4 Å². The second-order valence-electron chi connectivity index (χ2n) is 2.24. The minimum absolute atomic E-state index is 0.237. The van der Waals surface area contributed by atoms with Crippen molar-refractivity contribution in [3.63, 3.8) is 0 Å². The standard InChI is InChI=1S/C7H8FNO2S2/c1-4-5(6(10)11)13-7(9-4)12-3-2-8/h2-3H2,1H3,(H,10,11). The lowest BCUT2D eigenvalue weighted by Gasteiger charge is -1.88. The van der Waals surface area contributed by atoms with E-state index in [0.717, 1.165) is 11.3 Å². The van der Waals surface area contributed by atoms with Crippen LogP contribution in [-0.4, -0.2) is 28.5 Å². The fourth-order valence-electron chi connectivity index (χ4n) is 0.758. The molecule has 0 amide bonds. The Hall–Kier alpha value is -0.620. The minimum atomic E-state index is -0.970. The van der Waals surface area contributed by atoms with Crippen molar-refractivity contribution in [1.82, 2.24) is 4.98 Å². The number of hydrogen-bond acceptors (Lipinski definition) is 4. The number of carboxylic acids is 1. The minimum Gasteiger partial charge on any atom is -0.477 e. The molecule has 0 aliphatic heterocycles. The summed E-state index contributed by atoms with van der Waals surface area (Å²) in [5, 5.41) is 8.69. The van der Waals surface area contributed by atoms with Crippen LogP contribution in [0.2, 0.25) is 0 Å². The van der Waals surface area contributed by atoms with E-state index in [1.807, 2.05) is 0 Å². The van der Waals surface area contributed by atoms with Crippen molar-refractivity contribution >= 4 is 29.1 Å². The van der Waals surface area contributed by atoms with E-state index in [2.05, 4.69) is 4.98 Å². The van der Waals surface area contributed by atoms with Gasteiger partial charge < -0.3 is 5.11 Å². The van der Waals surface area contributed by atoms with Gasteiger partial charge in [0.15, 0.2) is 4.34 Å². The highest BCUT2D eigenvalue weighted by Crippen LogP contribution is 2.26. The van der Waals surface area contributed by atoms with E-state index in [-0.39, 0.29) is 4.88 Å². The largest absolute Gasteiger partial charge is 0.477 e. The third kappa shape index (κ3) is 2.67. The molecule has 1 rings (SSSR count). The molecule has 0 saturated carbocycles. The average Bonchev–Trinajstić information content (AvgIpc) is 2.43. The zero-order chi connectivity index (χ0) is 9.84. The SMILES string of the molecule is Cc1nc(SCCF)sc1C(=O)O. The molecule has 0 aliphatic rings. The number of nitrogens with zero attached hydrogens (tertiary/aromatic N) is 1. The van der Waals surface area contributed by atoms with E-state index < -0.39 is 12.6 Å². The van der Waals surface area contributed by atoms with E-state index in [0.29, 0.717) is 15.8 Å². The first-order valence-corrected chi connectivity index (χ1v) is 5.35. The van der Waals surface area contributed by atoms with E-state index in [1.54, 1.807) is 6.92 Å². The van der Waals surface area contributed by atoms with Crippen molar-refractivity contribution < 1.29 is 14.3 Å². The number of halogens is 1. The summed E-state index contributed by atoms with van der Waals surface area (Å²) in [6, 6.07) is 0. The van der Waals surface area contributed by atoms with Gasteiger partial charge in [-0.1, -0.05) is 11.8 Å². The molecule has 0 aliphatic carbocycles. The molecule has 3 nitrogen and oxygen atoms in total. The fraction of sp³-hybridized carbons (Fsp3) is 0.429. The molecule has 6 heteroatoms. The second-order valence-corrected chi connectivity index (χ2v) is 4.58. The van der Waals surface area contributed by atoms with Gasteiger partial charge in [-0.3, -0.25) is 4.39 Å². The monoisotopic (exact) mass is 221 g/mol. The summed E-state index contributed by atoms with van der Waals surface area (Å²) in [4.78, 5) is 14.8. The van der Waals surface area contributed by atoms with E-state index >= 15 is 0 Å². The highest BCUT2D eigenvalue weighted by Gasteiger charge is 2.13. The maximum Gasteiger partial charge on any atom is 0.347 e. The third-order valence-electron chi connectivity index (χ3n) is 1.27. The number of carboxylic acid groups (broad SMARTS) is 1. The Labute approximate surface area is 83.0 Å². The molecule has 0 saturated heterocycles. The Balaban J connectivity index is 2.76. The summed E-state index contributed by atoms with van der Waals surface area (Å²) in [5.74, 6) is -0.645. The first-order chi connectivity index (χ1) is 6.15. The zero-order valence-corrected chi connectivity index (χ0v) is 8.54. The van der Waals surface area contributed by atoms with Crippen LogP contribution in [0.25, 0.3) is 0 Å². The number of thioether (sulfide) groups is 1. The van der Waals surface area contributed by atoms with Gasteiger partial charge in [-0.15, -0.1) is 11.3 Å². The van der Waals surface area contributed by atoms with E-state index in [1.165, 1.54) is 11.8 Å². The molecule has 0 radical (unpaired) electrons. The van der Waals surface area contributed by atoms with E-state index in [9.17, 15) is 9.18 Å². The van der Waals surface area contributed by atoms with Crippen LogP contribution in [0.15, 0.2) is 4.34 Å².